The Kier molecular flexibility index (Phi) is 7.19. The van der Waals surface area contributed by atoms with Crippen LogP contribution in [-0.2, 0) is 6.42 Å². The molecule has 1 aliphatic rings. The summed E-state index contributed by atoms with van der Waals surface area (Å²) in [4.78, 5) is 30.4. The minimum absolute atomic E-state index is 0.0113. The van der Waals surface area contributed by atoms with Crippen molar-refractivity contribution in [2.75, 3.05) is 19.8 Å². The number of benzene rings is 1. The molecule has 7 heteroatoms. The van der Waals surface area contributed by atoms with Gasteiger partial charge in [0.05, 0.1) is 12.2 Å². The van der Waals surface area contributed by atoms with Crippen LogP contribution in [-0.4, -0.2) is 58.1 Å². The van der Waals surface area contributed by atoms with Gasteiger partial charge >= 0.3 is 0 Å². The Hall–Kier alpha value is -2.93. The molecule has 2 aromatic rings. The Bertz CT molecular complexity index is 855. The van der Waals surface area contributed by atoms with Crippen LogP contribution in [0.4, 0.5) is 0 Å². The smallest absolute Gasteiger partial charge is 0.272 e. The average Bonchev–Trinajstić information content (AvgIpc) is 2.74. The zero-order chi connectivity index (χ0) is 20.6. The number of carbonyl (C=O) groups is 2. The van der Waals surface area contributed by atoms with E-state index in [2.05, 4.69) is 4.98 Å². The van der Waals surface area contributed by atoms with Crippen molar-refractivity contribution in [2.24, 2.45) is 0 Å². The number of hydrogen-bond donors (Lipinski definition) is 2. The lowest BCUT2D eigenvalue weighted by molar-refractivity contribution is 0.0573. The number of aromatic hydroxyl groups is 1. The van der Waals surface area contributed by atoms with E-state index in [0.717, 1.165) is 24.8 Å². The van der Waals surface area contributed by atoms with Gasteiger partial charge in [-0.3, -0.25) is 14.6 Å². The number of hydrogen-bond acceptors (Lipinski definition) is 6. The number of aromatic nitrogens is 1. The highest BCUT2D eigenvalue weighted by molar-refractivity contribution is 5.94. The van der Waals surface area contributed by atoms with Gasteiger partial charge in [0.2, 0.25) is 0 Å². The summed E-state index contributed by atoms with van der Waals surface area (Å²) in [5, 5.41) is 19.0. The van der Waals surface area contributed by atoms with Gasteiger partial charge in [0.15, 0.2) is 6.29 Å². The molecule has 7 nitrogen and oxygen atoms in total. The number of pyridine rings is 1. The van der Waals surface area contributed by atoms with Gasteiger partial charge in [-0.1, -0.05) is 12.1 Å². The van der Waals surface area contributed by atoms with Gasteiger partial charge in [0.25, 0.3) is 5.91 Å². The van der Waals surface area contributed by atoms with E-state index in [0.29, 0.717) is 43.7 Å². The molecule has 0 unspecified atom stereocenters. The molecule has 0 spiro atoms. The Morgan fingerprint density at radius 1 is 1.28 bits per heavy atom. The number of aldehydes is 1. The van der Waals surface area contributed by atoms with E-state index in [9.17, 15) is 19.8 Å². The van der Waals surface area contributed by atoms with E-state index in [1.165, 1.54) is 6.07 Å². The normalized spacial score (nSPS) is 16.4. The molecule has 1 saturated heterocycles. The minimum atomic E-state index is -0.121. The maximum Gasteiger partial charge on any atom is 0.272 e. The van der Waals surface area contributed by atoms with Crippen LogP contribution in [0.2, 0.25) is 0 Å². The predicted octanol–water partition coefficient (Wildman–Crippen LogP) is 2.60. The second-order valence-corrected chi connectivity index (χ2v) is 7.08. The van der Waals surface area contributed by atoms with Crippen LogP contribution in [0, 0.1) is 0 Å². The third kappa shape index (κ3) is 4.92. The molecule has 1 fully saturated rings. The Balaban J connectivity index is 1.68. The molecule has 3 rings (SSSR count). The lowest BCUT2D eigenvalue weighted by Crippen LogP contribution is -2.45. The van der Waals surface area contributed by atoms with Gasteiger partial charge in [-0.15, -0.1) is 0 Å². The molecule has 0 saturated carbocycles. The van der Waals surface area contributed by atoms with Crippen molar-refractivity contribution in [3.8, 4) is 11.5 Å². The largest absolute Gasteiger partial charge is 0.507 e. The number of ether oxygens (including phenoxy) is 1. The van der Waals surface area contributed by atoms with Crippen LogP contribution in [0.5, 0.6) is 11.5 Å². The Morgan fingerprint density at radius 3 is 2.93 bits per heavy atom. The topological polar surface area (TPSA) is 100.0 Å². The molecule has 2 N–H and O–H groups in total. The Labute approximate surface area is 170 Å². The van der Waals surface area contributed by atoms with Crippen LogP contribution >= 0.6 is 0 Å². The van der Waals surface area contributed by atoms with Crippen LogP contribution in [0.15, 0.2) is 36.5 Å². The van der Waals surface area contributed by atoms with Gasteiger partial charge in [0, 0.05) is 31.8 Å². The number of phenols is 1. The molecule has 29 heavy (non-hydrogen) atoms. The predicted molar refractivity (Wildman–Crippen MR) is 107 cm³/mol. The molecule has 0 bridgehead atoms. The van der Waals surface area contributed by atoms with Crippen LogP contribution in [0.25, 0.3) is 0 Å². The maximum absolute atomic E-state index is 13.1. The summed E-state index contributed by atoms with van der Waals surface area (Å²) in [7, 11) is 0. The fourth-order valence-corrected chi connectivity index (χ4v) is 3.74. The summed E-state index contributed by atoms with van der Waals surface area (Å²) in [6, 6.07) is 8.30. The van der Waals surface area contributed by atoms with Crippen molar-refractivity contribution < 1.29 is 24.5 Å². The van der Waals surface area contributed by atoms with Crippen molar-refractivity contribution >= 4 is 12.2 Å². The standard InChI is InChI=1S/C22H26N2O5/c25-13-9-16-5-4-11-23-21(16)22(28)24-12-2-1-6-17(24)10-14-29-20-8-3-7-19(27)18(20)15-26/h3-5,7-8,11,15,17,25,27H,1-2,6,9-10,12-14H2/t17-/m0/s1. The lowest BCUT2D eigenvalue weighted by Gasteiger charge is -2.36. The third-order valence-electron chi connectivity index (χ3n) is 5.23. The first-order valence-corrected chi connectivity index (χ1v) is 9.91. The summed E-state index contributed by atoms with van der Waals surface area (Å²) in [5.41, 5.74) is 1.27. The molecule has 1 aromatic carbocycles. The second-order valence-electron chi connectivity index (χ2n) is 7.08. The number of likely N-dealkylation sites (tertiary alicyclic amines) is 1. The molecular formula is C22H26N2O5. The summed E-state index contributed by atoms with van der Waals surface area (Å²) in [6.07, 6.45) is 6.02. The number of phenolic OH excluding ortho intramolecular Hbond substituents is 1. The highest BCUT2D eigenvalue weighted by Gasteiger charge is 2.29. The summed E-state index contributed by atoms with van der Waals surface area (Å²) in [6.45, 7) is 0.945. The third-order valence-corrected chi connectivity index (χ3v) is 5.23. The van der Waals surface area contributed by atoms with Crippen molar-refractivity contribution in [2.45, 2.75) is 38.1 Å². The van der Waals surface area contributed by atoms with Crippen LogP contribution in [0.1, 0.15) is 52.1 Å². The number of aliphatic hydroxyl groups excluding tert-OH is 1. The van der Waals surface area contributed by atoms with Gasteiger partial charge in [-0.25, -0.2) is 0 Å². The van der Waals surface area contributed by atoms with Crippen molar-refractivity contribution in [1.29, 1.82) is 0 Å². The second kappa shape index (κ2) is 10.0. The molecule has 1 aromatic heterocycles. The molecule has 1 atom stereocenters. The van der Waals surface area contributed by atoms with Gasteiger partial charge < -0.3 is 19.8 Å². The summed E-state index contributed by atoms with van der Waals surface area (Å²) < 4.78 is 5.73. The maximum atomic E-state index is 13.1. The molecule has 0 radical (unpaired) electrons. The van der Waals surface area contributed by atoms with Crippen LogP contribution < -0.4 is 4.74 Å². The van der Waals surface area contributed by atoms with Crippen molar-refractivity contribution in [3.63, 3.8) is 0 Å². The van der Waals surface area contributed by atoms with Gasteiger partial charge in [0.1, 0.15) is 17.2 Å². The number of piperidine rings is 1. The Morgan fingerprint density at radius 2 is 2.14 bits per heavy atom. The van der Waals surface area contributed by atoms with Crippen LogP contribution in [0.3, 0.4) is 0 Å². The highest BCUT2D eigenvalue weighted by Crippen LogP contribution is 2.27. The van der Waals surface area contributed by atoms with E-state index in [-0.39, 0.29) is 29.9 Å². The molecule has 1 aliphatic heterocycles. The molecule has 0 aliphatic carbocycles. The number of nitrogens with zero attached hydrogens (tertiary/aromatic N) is 2. The molecule has 1 amide bonds. The lowest BCUT2D eigenvalue weighted by atomic mass is 9.98. The fourth-order valence-electron chi connectivity index (χ4n) is 3.74. The molecule has 2 heterocycles. The zero-order valence-electron chi connectivity index (χ0n) is 16.3. The SMILES string of the molecule is O=Cc1c(O)cccc1OCC[C@@H]1CCCCN1C(=O)c1ncccc1CCO. The average molecular weight is 398 g/mol. The number of carbonyl (C=O) groups excluding carboxylic acids is 2. The van der Waals surface area contributed by atoms with E-state index in [1.54, 1.807) is 24.4 Å². The van der Waals surface area contributed by atoms with Crippen molar-refractivity contribution in [3.05, 3.63) is 53.3 Å². The monoisotopic (exact) mass is 398 g/mol. The van der Waals surface area contributed by atoms with E-state index in [4.69, 9.17) is 4.74 Å². The van der Waals surface area contributed by atoms with E-state index in [1.807, 2.05) is 11.0 Å². The first-order chi connectivity index (χ1) is 14.2. The quantitative estimate of drug-likeness (QED) is 0.663. The molecular weight excluding hydrogens is 372 g/mol. The number of aliphatic hydroxyl groups is 1. The fraction of sp³-hybridized carbons (Fsp3) is 0.409. The van der Waals surface area contributed by atoms with Gasteiger partial charge in [-0.2, -0.15) is 0 Å². The van der Waals surface area contributed by atoms with Gasteiger partial charge in [-0.05, 0) is 49.4 Å². The first-order valence-electron chi connectivity index (χ1n) is 9.91. The number of rotatable bonds is 8. The summed E-state index contributed by atoms with van der Waals surface area (Å²) >= 11 is 0. The van der Waals surface area contributed by atoms with E-state index >= 15 is 0 Å². The highest BCUT2D eigenvalue weighted by atomic mass is 16.5. The first kappa shape index (κ1) is 20.8. The molecule has 154 valence electrons. The minimum Gasteiger partial charge on any atom is -0.507 e. The zero-order valence-corrected chi connectivity index (χ0v) is 16.3. The number of amides is 1. The summed E-state index contributed by atoms with van der Waals surface area (Å²) in [5.74, 6) is 0.104. The van der Waals surface area contributed by atoms with Crippen molar-refractivity contribution in [1.82, 2.24) is 9.88 Å². The van der Waals surface area contributed by atoms with E-state index < -0.39 is 0 Å².